The number of nitrogens with one attached hydrogen (secondary N) is 1. The molecule has 1 N–H and O–H groups in total. The average molecular weight is 327 g/mol. The molecule has 0 amide bonds. The van der Waals surface area contributed by atoms with E-state index >= 15 is 0 Å². The van der Waals surface area contributed by atoms with Gasteiger partial charge in [-0.3, -0.25) is 4.79 Å². The summed E-state index contributed by atoms with van der Waals surface area (Å²) in [5, 5.41) is 1.21. The van der Waals surface area contributed by atoms with Crippen LogP contribution in [-0.4, -0.2) is 22.9 Å². The average Bonchev–Trinajstić information content (AvgIpc) is 2.92. The van der Waals surface area contributed by atoms with E-state index in [9.17, 15) is 4.79 Å². The molecule has 3 aromatic rings. The van der Waals surface area contributed by atoms with Gasteiger partial charge in [-0.25, -0.2) is 4.98 Å². The van der Waals surface area contributed by atoms with E-state index in [1.807, 2.05) is 18.2 Å². The van der Waals surface area contributed by atoms with E-state index in [-0.39, 0.29) is 11.2 Å². The molecule has 116 valence electrons. The monoisotopic (exact) mass is 326 g/mol. The molecule has 5 heteroatoms. The minimum Gasteiger partial charge on any atom is -0.497 e. The molecule has 0 unspecified atom stereocenters. The van der Waals surface area contributed by atoms with Crippen molar-refractivity contribution in [3.8, 4) is 5.75 Å². The number of ether oxygens (including phenoxy) is 1. The van der Waals surface area contributed by atoms with Gasteiger partial charge in [0.2, 0.25) is 0 Å². The minimum absolute atomic E-state index is 0.00681. The zero-order chi connectivity index (χ0) is 16.4. The molecule has 4 rings (SSSR count). The predicted molar refractivity (Wildman–Crippen MR) is 89.7 cm³/mol. The number of carbonyl (C=O) groups is 1. The number of hydrogen-bond donors (Lipinski definition) is 1. The maximum absolute atomic E-state index is 13.0. The quantitative estimate of drug-likeness (QED) is 0.685. The normalized spacial score (nSPS) is 15.4. The van der Waals surface area contributed by atoms with Crippen LogP contribution in [0.4, 0.5) is 0 Å². The van der Waals surface area contributed by atoms with Gasteiger partial charge in [0.25, 0.3) is 0 Å². The van der Waals surface area contributed by atoms with E-state index in [1.54, 1.807) is 19.4 Å². The fourth-order valence-electron chi connectivity index (χ4n) is 3.40. The van der Waals surface area contributed by atoms with Crippen molar-refractivity contribution < 1.29 is 9.53 Å². The molecule has 1 aliphatic rings. The van der Waals surface area contributed by atoms with E-state index in [1.165, 1.54) is 0 Å². The number of ketones is 1. The van der Waals surface area contributed by atoms with Crippen LogP contribution in [0.25, 0.3) is 10.9 Å². The van der Waals surface area contributed by atoms with Gasteiger partial charge >= 0.3 is 0 Å². The molecule has 1 aromatic carbocycles. The molecule has 0 saturated carbocycles. The van der Waals surface area contributed by atoms with Gasteiger partial charge in [0, 0.05) is 28.3 Å². The lowest BCUT2D eigenvalue weighted by molar-refractivity contribution is 0.103. The summed E-state index contributed by atoms with van der Waals surface area (Å²) < 4.78 is 5.32. The summed E-state index contributed by atoms with van der Waals surface area (Å²) >= 11 is 5.99. The van der Waals surface area contributed by atoms with E-state index < -0.39 is 0 Å². The van der Waals surface area contributed by atoms with Crippen molar-refractivity contribution in [3.63, 3.8) is 0 Å². The highest BCUT2D eigenvalue weighted by molar-refractivity contribution is 6.30. The second-order valence-corrected chi connectivity index (χ2v) is 6.68. The van der Waals surface area contributed by atoms with Gasteiger partial charge in [-0.15, -0.1) is 0 Å². The molecule has 23 heavy (non-hydrogen) atoms. The first-order valence-electron chi connectivity index (χ1n) is 7.34. The zero-order valence-corrected chi connectivity index (χ0v) is 13.8. The molecule has 0 bridgehead atoms. The highest BCUT2D eigenvalue weighted by Gasteiger charge is 2.39. The molecule has 0 saturated heterocycles. The Labute approximate surface area is 138 Å². The van der Waals surface area contributed by atoms with Gasteiger partial charge in [0.05, 0.1) is 18.2 Å². The number of benzene rings is 1. The number of pyridine rings is 1. The number of aromatic nitrogens is 2. The van der Waals surface area contributed by atoms with Gasteiger partial charge in [-0.2, -0.15) is 0 Å². The van der Waals surface area contributed by atoms with Crippen LogP contribution in [0.1, 0.15) is 41.0 Å². The SMILES string of the molecule is COc1ccc2c(c1)C(C)(C)c1[nH]c3cc(Cl)ncc3c1C2=O. The molecule has 0 radical (unpaired) electrons. The molecule has 1 aliphatic carbocycles. The maximum Gasteiger partial charge on any atom is 0.195 e. The third-order valence-corrected chi connectivity index (χ3v) is 4.85. The van der Waals surface area contributed by atoms with Crippen LogP contribution >= 0.6 is 11.6 Å². The van der Waals surface area contributed by atoms with E-state index in [0.717, 1.165) is 27.9 Å². The van der Waals surface area contributed by atoms with Crippen LogP contribution in [0.2, 0.25) is 5.15 Å². The van der Waals surface area contributed by atoms with Crippen molar-refractivity contribution in [2.75, 3.05) is 7.11 Å². The Hall–Kier alpha value is -2.33. The van der Waals surface area contributed by atoms with Crippen molar-refractivity contribution in [1.82, 2.24) is 9.97 Å². The first kappa shape index (κ1) is 14.3. The van der Waals surface area contributed by atoms with Crippen LogP contribution in [0, 0.1) is 0 Å². The van der Waals surface area contributed by atoms with Gasteiger partial charge in [0.1, 0.15) is 10.9 Å². The van der Waals surface area contributed by atoms with Gasteiger partial charge in [-0.1, -0.05) is 25.4 Å². The number of aromatic amines is 1. The Bertz CT molecular complexity index is 973. The molecular weight excluding hydrogens is 312 g/mol. The third-order valence-electron chi connectivity index (χ3n) is 4.65. The fourth-order valence-corrected chi connectivity index (χ4v) is 3.56. The highest BCUT2D eigenvalue weighted by Crippen LogP contribution is 2.44. The van der Waals surface area contributed by atoms with Crippen molar-refractivity contribution in [2.24, 2.45) is 0 Å². The van der Waals surface area contributed by atoms with Crippen molar-refractivity contribution >= 4 is 28.3 Å². The molecule has 0 atom stereocenters. The first-order chi connectivity index (χ1) is 10.9. The van der Waals surface area contributed by atoms with Crippen molar-refractivity contribution in [3.05, 3.63) is 58.0 Å². The number of hydrogen-bond acceptors (Lipinski definition) is 3. The summed E-state index contributed by atoms with van der Waals surface area (Å²) in [4.78, 5) is 20.5. The number of methoxy groups -OCH3 is 1. The number of halogens is 1. The Kier molecular flexibility index (Phi) is 2.85. The van der Waals surface area contributed by atoms with Crippen LogP contribution in [0.3, 0.4) is 0 Å². The molecular formula is C18H15ClN2O2. The predicted octanol–water partition coefficient (Wildman–Crippen LogP) is 4.10. The van der Waals surface area contributed by atoms with E-state index in [0.29, 0.717) is 16.3 Å². The summed E-state index contributed by atoms with van der Waals surface area (Å²) in [6.07, 6.45) is 1.66. The number of rotatable bonds is 1. The van der Waals surface area contributed by atoms with Crippen molar-refractivity contribution in [1.29, 1.82) is 0 Å². The number of fused-ring (bicyclic) bond motifs is 4. The molecule has 4 nitrogen and oxygen atoms in total. The summed E-state index contributed by atoms with van der Waals surface area (Å²) in [6.45, 7) is 4.20. The fraction of sp³-hybridized carbons (Fsp3) is 0.222. The van der Waals surface area contributed by atoms with Crippen LogP contribution in [-0.2, 0) is 5.41 Å². The highest BCUT2D eigenvalue weighted by atomic mass is 35.5. The Morgan fingerprint density at radius 3 is 2.78 bits per heavy atom. The number of nitrogens with zero attached hydrogens (tertiary/aromatic N) is 1. The van der Waals surface area contributed by atoms with Crippen molar-refractivity contribution in [2.45, 2.75) is 19.3 Å². The van der Waals surface area contributed by atoms with Gasteiger partial charge < -0.3 is 9.72 Å². The zero-order valence-electron chi connectivity index (χ0n) is 13.0. The largest absolute Gasteiger partial charge is 0.497 e. The maximum atomic E-state index is 13.0. The van der Waals surface area contributed by atoms with Gasteiger partial charge in [-0.05, 0) is 29.8 Å². The Balaban J connectivity index is 2.07. The minimum atomic E-state index is -0.349. The summed E-state index contributed by atoms with van der Waals surface area (Å²) in [6, 6.07) is 7.35. The van der Waals surface area contributed by atoms with Crippen LogP contribution in [0.5, 0.6) is 5.75 Å². The summed E-state index contributed by atoms with van der Waals surface area (Å²) in [7, 11) is 1.63. The van der Waals surface area contributed by atoms with Crippen LogP contribution < -0.4 is 4.74 Å². The van der Waals surface area contributed by atoms with E-state index in [2.05, 4.69) is 23.8 Å². The Morgan fingerprint density at radius 1 is 1.26 bits per heavy atom. The smallest absolute Gasteiger partial charge is 0.195 e. The standard InChI is InChI=1S/C18H15ClN2O2/c1-18(2)12-6-9(23-3)4-5-10(12)16(22)15-11-8-20-14(19)7-13(11)21-17(15)18/h4-8,21H,1-3H3. The molecule has 0 aliphatic heterocycles. The number of carbonyl (C=O) groups excluding carboxylic acids is 1. The molecule has 2 heterocycles. The lowest BCUT2D eigenvalue weighted by Crippen LogP contribution is -2.30. The molecule has 2 aromatic heterocycles. The summed E-state index contributed by atoms with van der Waals surface area (Å²) in [5.74, 6) is 0.751. The van der Waals surface area contributed by atoms with E-state index in [4.69, 9.17) is 16.3 Å². The van der Waals surface area contributed by atoms with Gasteiger partial charge in [0.15, 0.2) is 5.78 Å². The third kappa shape index (κ3) is 1.85. The second kappa shape index (κ2) is 4.59. The molecule has 0 fully saturated rings. The molecule has 0 spiro atoms. The second-order valence-electron chi connectivity index (χ2n) is 6.29. The Morgan fingerprint density at radius 2 is 2.04 bits per heavy atom. The van der Waals surface area contributed by atoms with Crippen LogP contribution in [0.15, 0.2) is 30.5 Å². The number of H-pyrrole nitrogens is 1. The summed E-state index contributed by atoms with van der Waals surface area (Å²) in [5.41, 5.74) is 3.72. The first-order valence-corrected chi connectivity index (χ1v) is 7.72. The lowest BCUT2D eigenvalue weighted by Gasteiger charge is -2.32. The topological polar surface area (TPSA) is 55.0 Å². The lowest BCUT2D eigenvalue weighted by atomic mass is 9.71.